The molecule has 1 aromatic carbocycles. The molecule has 48 heavy (non-hydrogen) atoms. The molecule has 2 saturated heterocycles. The summed E-state index contributed by atoms with van der Waals surface area (Å²) in [6.45, 7) is 6.42. The second-order valence-electron chi connectivity index (χ2n) is 13.2. The van der Waals surface area contributed by atoms with E-state index in [1.807, 2.05) is 31.0 Å². The lowest BCUT2D eigenvalue weighted by Gasteiger charge is -2.35. The van der Waals surface area contributed by atoms with Crippen LogP contribution in [0, 0.1) is 0 Å². The Morgan fingerprint density at radius 1 is 1.12 bits per heavy atom. The number of ether oxygens (including phenoxy) is 2. The molecule has 0 bridgehead atoms. The second-order valence-corrected chi connectivity index (χ2v) is 13.2. The second kappa shape index (κ2) is 12.8. The van der Waals surface area contributed by atoms with Crippen LogP contribution in [0.2, 0.25) is 0 Å². The highest BCUT2D eigenvalue weighted by molar-refractivity contribution is 5.84. The van der Waals surface area contributed by atoms with E-state index in [1.165, 1.54) is 6.07 Å². The molecule has 0 radical (unpaired) electrons. The van der Waals surface area contributed by atoms with Gasteiger partial charge in [0.2, 0.25) is 5.91 Å². The predicted octanol–water partition coefficient (Wildman–Crippen LogP) is 4.81. The average Bonchev–Trinajstić information content (AvgIpc) is 3.50. The molecule has 1 atom stereocenters. The summed E-state index contributed by atoms with van der Waals surface area (Å²) < 4.78 is 54.0. The first-order chi connectivity index (χ1) is 23.0. The molecule has 1 amide bonds. The van der Waals surface area contributed by atoms with Gasteiger partial charge in [-0.1, -0.05) is 19.1 Å². The maximum Gasteiger partial charge on any atom is 0.416 e. The van der Waals surface area contributed by atoms with E-state index >= 15 is 0 Å². The fraction of sp³-hybridized carbons (Fsp3) is 0.457. The number of rotatable bonds is 8. The fourth-order valence-electron chi connectivity index (χ4n) is 6.77. The number of carbonyl (C=O) groups excluding carboxylic acids is 1. The molecule has 10 nitrogen and oxygen atoms in total. The number of likely N-dealkylation sites (N-methyl/N-ethyl adjacent to an activating group) is 1. The number of halogens is 3. The average molecular weight is 665 g/mol. The van der Waals surface area contributed by atoms with Crippen LogP contribution < -0.4 is 4.74 Å². The van der Waals surface area contributed by atoms with Crippen molar-refractivity contribution in [3.05, 3.63) is 82.4 Å². The minimum absolute atomic E-state index is 0.0197. The van der Waals surface area contributed by atoms with Crippen LogP contribution in [0.5, 0.6) is 11.5 Å². The Bertz CT molecular complexity index is 1820. The smallest absolute Gasteiger partial charge is 0.416 e. The van der Waals surface area contributed by atoms with Gasteiger partial charge in [0.05, 0.1) is 48.2 Å². The van der Waals surface area contributed by atoms with Crippen molar-refractivity contribution in [1.29, 1.82) is 0 Å². The van der Waals surface area contributed by atoms with Gasteiger partial charge in [0.25, 0.3) is 0 Å². The maximum absolute atomic E-state index is 14.2. The number of aromatic amines is 1. The van der Waals surface area contributed by atoms with Crippen molar-refractivity contribution in [3.8, 4) is 11.5 Å². The fourth-order valence-corrected chi connectivity index (χ4v) is 6.77. The van der Waals surface area contributed by atoms with E-state index < -0.39 is 17.3 Å². The normalized spacial score (nSPS) is 20.0. The number of aliphatic hydroxyl groups is 1. The lowest BCUT2D eigenvalue weighted by atomic mass is 9.92. The lowest BCUT2D eigenvalue weighted by Crippen LogP contribution is -2.46. The molecule has 0 saturated carbocycles. The summed E-state index contributed by atoms with van der Waals surface area (Å²) in [7, 11) is 2.01. The van der Waals surface area contributed by atoms with Gasteiger partial charge >= 0.3 is 6.18 Å². The molecule has 4 aromatic rings. The van der Waals surface area contributed by atoms with Gasteiger partial charge in [0.1, 0.15) is 17.1 Å². The summed E-state index contributed by atoms with van der Waals surface area (Å²) in [5.74, 6) is 0.748. The van der Waals surface area contributed by atoms with E-state index in [9.17, 15) is 23.1 Å². The third kappa shape index (κ3) is 6.51. The number of alkyl halides is 3. The third-order valence-electron chi connectivity index (χ3n) is 9.74. The van der Waals surface area contributed by atoms with Gasteiger partial charge in [-0.2, -0.15) is 13.2 Å². The van der Waals surface area contributed by atoms with Crippen LogP contribution in [0.4, 0.5) is 13.2 Å². The van der Waals surface area contributed by atoms with E-state index in [1.54, 1.807) is 29.4 Å². The summed E-state index contributed by atoms with van der Waals surface area (Å²) in [4.78, 5) is 31.8. The number of nitrogens with zero attached hydrogens (tertiary/aromatic N) is 5. The Balaban J connectivity index is 1.08. The maximum atomic E-state index is 14.2. The predicted molar refractivity (Wildman–Crippen MR) is 171 cm³/mol. The van der Waals surface area contributed by atoms with E-state index in [0.29, 0.717) is 53.4 Å². The number of amides is 1. The molecule has 0 unspecified atom stereocenters. The summed E-state index contributed by atoms with van der Waals surface area (Å²) in [5, 5.41) is 11.4. The standard InChI is InChI=1S/C35H39F3N6O4/c1-3-23-18-44(31(45)13-22-4-5-24(28(12-22)35(36,37)38)17-43-10-8-42(2)9-11-43)19-25-14-26(16-40-32(23)25)48-29-6-7-39-33-27(29)15-30(41-33)34(46)20-47-21-34/h4-7,12,14-16,23,46H,3,8-11,13,17-21H2,1-2H3,(H,39,41)/t23-/m1/s1. The summed E-state index contributed by atoms with van der Waals surface area (Å²) in [6.07, 6.45) is -0.632. The molecule has 3 aliphatic rings. The molecule has 3 aromatic heterocycles. The van der Waals surface area contributed by atoms with Gasteiger partial charge in [-0.25, -0.2) is 4.98 Å². The van der Waals surface area contributed by atoms with Gasteiger partial charge in [-0.05, 0) is 54.4 Å². The zero-order valence-corrected chi connectivity index (χ0v) is 27.0. The number of fused-ring (bicyclic) bond motifs is 2. The van der Waals surface area contributed by atoms with Crippen LogP contribution >= 0.6 is 0 Å². The summed E-state index contributed by atoms with van der Waals surface area (Å²) >= 11 is 0. The molecule has 3 aliphatic heterocycles. The largest absolute Gasteiger partial charge is 0.455 e. The van der Waals surface area contributed by atoms with Gasteiger partial charge in [0, 0.05) is 57.9 Å². The SMILES string of the molecule is CC[C@@H]1CN(C(=O)Cc2ccc(CN3CCN(C)CC3)c(C(F)(F)F)c2)Cc2cc(Oc3ccnc4[nH]c(C5(O)COC5)cc34)cnc21. The van der Waals surface area contributed by atoms with Crippen molar-refractivity contribution in [2.24, 2.45) is 0 Å². The Morgan fingerprint density at radius 3 is 2.62 bits per heavy atom. The van der Waals surface area contributed by atoms with Crippen LogP contribution in [0.3, 0.4) is 0 Å². The highest BCUT2D eigenvalue weighted by Crippen LogP contribution is 2.38. The molecule has 6 heterocycles. The van der Waals surface area contributed by atoms with E-state index in [2.05, 4.69) is 14.9 Å². The highest BCUT2D eigenvalue weighted by Gasteiger charge is 2.40. The van der Waals surface area contributed by atoms with Crippen LogP contribution in [0.1, 0.15) is 52.9 Å². The topological polar surface area (TPSA) is 107 Å². The molecule has 254 valence electrons. The van der Waals surface area contributed by atoms with Crippen molar-refractivity contribution in [1.82, 2.24) is 29.7 Å². The minimum Gasteiger partial charge on any atom is -0.455 e. The molecule has 0 aliphatic carbocycles. The van der Waals surface area contributed by atoms with Crippen molar-refractivity contribution in [2.75, 3.05) is 53.0 Å². The first kappa shape index (κ1) is 32.5. The number of carbonyl (C=O) groups is 1. The lowest BCUT2D eigenvalue weighted by molar-refractivity contribution is -0.186. The van der Waals surface area contributed by atoms with Gasteiger partial charge < -0.3 is 29.4 Å². The monoisotopic (exact) mass is 664 g/mol. The Morgan fingerprint density at radius 2 is 1.92 bits per heavy atom. The van der Waals surface area contributed by atoms with Gasteiger partial charge in [-0.15, -0.1) is 0 Å². The van der Waals surface area contributed by atoms with E-state index in [0.717, 1.165) is 36.8 Å². The molecule has 13 heteroatoms. The molecule has 7 rings (SSSR count). The van der Waals surface area contributed by atoms with Crippen molar-refractivity contribution in [3.63, 3.8) is 0 Å². The molecule has 2 fully saturated rings. The van der Waals surface area contributed by atoms with Gasteiger partial charge in [-0.3, -0.25) is 14.7 Å². The van der Waals surface area contributed by atoms with Gasteiger partial charge in [0.15, 0.2) is 5.60 Å². The highest BCUT2D eigenvalue weighted by atomic mass is 19.4. The number of hydrogen-bond donors (Lipinski definition) is 2. The first-order valence-electron chi connectivity index (χ1n) is 16.3. The third-order valence-corrected chi connectivity index (χ3v) is 9.74. The van der Waals surface area contributed by atoms with Crippen LogP contribution in [-0.2, 0) is 40.8 Å². The van der Waals surface area contributed by atoms with Crippen molar-refractivity contribution >= 4 is 16.9 Å². The quantitative estimate of drug-likeness (QED) is 0.277. The van der Waals surface area contributed by atoms with Crippen molar-refractivity contribution in [2.45, 2.75) is 50.6 Å². The number of pyridine rings is 2. The zero-order valence-electron chi connectivity index (χ0n) is 27.0. The van der Waals surface area contributed by atoms with Crippen molar-refractivity contribution < 1.29 is 32.5 Å². The van der Waals surface area contributed by atoms with E-state index in [-0.39, 0.29) is 50.1 Å². The number of piperazine rings is 1. The van der Waals surface area contributed by atoms with E-state index in [4.69, 9.17) is 14.5 Å². The number of aromatic nitrogens is 3. The number of nitrogens with one attached hydrogen (secondary N) is 1. The Labute approximate surface area is 276 Å². The van der Waals surface area contributed by atoms with Crippen LogP contribution in [-0.4, -0.2) is 93.7 Å². The molecule has 0 spiro atoms. The first-order valence-corrected chi connectivity index (χ1v) is 16.3. The Kier molecular flexibility index (Phi) is 8.65. The number of H-pyrrole nitrogens is 1. The minimum atomic E-state index is -4.52. The molecular formula is C35H39F3N6O4. The van der Waals surface area contributed by atoms with Crippen LogP contribution in [0.25, 0.3) is 11.0 Å². The molecule has 2 N–H and O–H groups in total. The molecular weight excluding hydrogens is 625 g/mol. The zero-order chi connectivity index (χ0) is 33.6. The number of benzene rings is 1. The Hall–Kier alpha value is -4.04. The summed E-state index contributed by atoms with van der Waals surface area (Å²) in [5.41, 5.74) is 1.70. The summed E-state index contributed by atoms with van der Waals surface area (Å²) in [6, 6.07) is 9.73. The number of hydrogen-bond acceptors (Lipinski definition) is 8. The van der Waals surface area contributed by atoms with Crippen LogP contribution in [0.15, 0.2) is 48.8 Å².